The molecular formula is C21H24N4O3S. The number of hydrogen-bond donors (Lipinski definition) is 2. The molecule has 29 heavy (non-hydrogen) atoms. The molecule has 3 rings (SSSR count). The molecule has 1 aromatic heterocycles. The van der Waals surface area contributed by atoms with Gasteiger partial charge in [-0.05, 0) is 57.0 Å². The van der Waals surface area contributed by atoms with E-state index in [-0.39, 0.29) is 10.2 Å². The largest absolute Gasteiger partial charge is 0.477 e. The molecule has 1 aromatic carbocycles. The molecule has 2 N–H and O–H groups in total. The van der Waals surface area contributed by atoms with Crippen molar-refractivity contribution in [2.45, 2.75) is 32.7 Å². The van der Waals surface area contributed by atoms with Crippen LogP contribution in [-0.2, 0) is 17.8 Å². The summed E-state index contributed by atoms with van der Waals surface area (Å²) in [5.41, 5.74) is 1.36. The Labute approximate surface area is 172 Å². The third-order valence-corrected chi connectivity index (χ3v) is 6.11. The smallest absolute Gasteiger partial charge is 0.349 e. The van der Waals surface area contributed by atoms with Gasteiger partial charge >= 0.3 is 5.97 Å². The standard InChI is InChI=1S/C21H24N4O3S/c1-2-25-19(26)18(29-20(25)17(13-22)21(27)28)14-23-16-7-5-6-15(12-16)8-11-24-9-3-4-10-24/h5-7,12,14,23H,2-4,8-11H2,1H3,(H,27,28)/b18-14+,20-17-. The normalized spacial score (nSPS) is 15.9. The number of aromatic nitrogens is 1. The number of benzene rings is 1. The number of carboxylic acid groups (broad SMARTS) is 1. The van der Waals surface area contributed by atoms with Crippen molar-refractivity contribution >= 4 is 34.8 Å². The lowest BCUT2D eigenvalue weighted by Crippen LogP contribution is -2.32. The van der Waals surface area contributed by atoms with Crippen LogP contribution in [0.3, 0.4) is 0 Å². The molecule has 1 fully saturated rings. The fourth-order valence-electron chi connectivity index (χ4n) is 3.44. The first-order valence-corrected chi connectivity index (χ1v) is 10.5. The van der Waals surface area contributed by atoms with Gasteiger partial charge in [-0.1, -0.05) is 12.1 Å². The Kier molecular flexibility index (Phi) is 6.86. The van der Waals surface area contributed by atoms with Crippen LogP contribution >= 0.6 is 11.3 Å². The molecule has 2 heterocycles. The third kappa shape index (κ3) is 4.94. The van der Waals surface area contributed by atoms with Crippen LogP contribution in [-0.4, -0.2) is 40.2 Å². The quantitative estimate of drug-likeness (QED) is 0.709. The van der Waals surface area contributed by atoms with Crippen molar-refractivity contribution in [3.63, 3.8) is 0 Å². The van der Waals surface area contributed by atoms with Crippen LogP contribution in [0.2, 0.25) is 0 Å². The number of carbonyl (C=O) groups is 1. The average Bonchev–Trinajstić information content (AvgIpc) is 3.33. The summed E-state index contributed by atoms with van der Waals surface area (Å²) in [6, 6.07) is 9.73. The Morgan fingerprint density at radius 2 is 2.14 bits per heavy atom. The molecule has 152 valence electrons. The lowest BCUT2D eigenvalue weighted by molar-refractivity contribution is -0.130. The van der Waals surface area contributed by atoms with Gasteiger partial charge in [0.2, 0.25) is 0 Å². The molecule has 1 aliphatic heterocycles. The fraction of sp³-hybridized carbons (Fsp3) is 0.381. The van der Waals surface area contributed by atoms with Crippen molar-refractivity contribution in [1.29, 1.82) is 5.26 Å². The van der Waals surface area contributed by atoms with Gasteiger partial charge in [-0.25, -0.2) is 4.79 Å². The van der Waals surface area contributed by atoms with Crippen molar-refractivity contribution in [2.75, 3.05) is 25.0 Å². The van der Waals surface area contributed by atoms with Gasteiger partial charge in [0, 0.05) is 25.0 Å². The van der Waals surface area contributed by atoms with Gasteiger partial charge in [0.25, 0.3) is 5.56 Å². The molecule has 0 atom stereocenters. The molecule has 0 unspecified atom stereocenters. The maximum Gasteiger partial charge on any atom is 0.349 e. The highest BCUT2D eigenvalue weighted by molar-refractivity contribution is 7.07. The summed E-state index contributed by atoms with van der Waals surface area (Å²) in [5, 5.41) is 21.5. The van der Waals surface area contributed by atoms with Crippen molar-refractivity contribution in [1.82, 2.24) is 9.47 Å². The number of thiazole rings is 1. The van der Waals surface area contributed by atoms with E-state index in [1.165, 1.54) is 36.1 Å². The second-order valence-electron chi connectivity index (χ2n) is 6.90. The van der Waals surface area contributed by atoms with E-state index in [2.05, 4.69) is 22.3 Å². The molecule has 0 bridgehead atoms. The van der Waals surface area contributed by atoms with E-state index in [0.717, 1.165) is 30.0 Å². The van der Waals surface area contributed by atoms with Crippen LogP contribution < -0.4 is 20.1 Å². The molecule has 0 amide bonds. The lowest BCUT2D eigenvalue weighted by atomic mass is 10.1. The van der Waals surface area contributed by atoms with E-state index < -0.39 is 11.5 Å². The first-order chi connectivity index (χ1) is 14.0. The SMILES string of the molecule is CCn1c(=O)/c(=C\Nc2cccc(CCN3CCCC3)c2)s/c1=C(/C#N)C(=O)O. The Morgan fingerprint density at radius 1 is 1.38 bits per heavy atom. The predicted molar refractivity (Wildman–Crippen MR) is 114 cm³/mol. The van der Waals surface area contributed by atoms with Crippen LogP contribution in [0.5, 0.6) is 0 Å². The minimum Gasteiger partial charge on any atom is -0.477 e. The summed E-state index contributed by atoms with van der Waals surface area (Å²) < 4.78 is 1.84. The Bertz CT molecular complexity index is 1100. The summed E-state index contributed by atoms with van der Waals surface area (Å²) in [5.74, 6) is -1.33. The fourth-order valence-corrected chi connectivity index (χ4v) is 4.52. The molecule has 0 radical (unpaired) electrons. The monoisotopic (exact) mass is 412 g/mol. The van der Waals surface area contributed by atoms with Crippen molar-refractivity contribution in [3.8, 4) is 6.07 Å². The number of likely N-dealkylation sites (tertiary alicyclic amines) is 1. The van der Waals surface area contributed by atoms with E-state index in [9.17, 15) is 14.7 Å². The molecule has 0 aliphatic carbocycles. The molecule has 1 aliphatic rings. The summed E-state index contributed by atoms with van der Waals surface area (Å²) in [6.45, 7) is 5.44. The first kappa shape index (κ1) is 20.8. The number of nitrogens with zero attached hydrogens (tertiary/aromatic N) is 3. The van der Waals surface area contributed by atoms with Gasteiger partial charge in [-0.3, -0.25) is 9.36 Å². The summed E-state index contributed by atoms with van der Waals surface area (Å²) in [4.78, 5) is 26.3. The van der Waals surface area contributed by atoms with Gasteiger partial charge in [0.15, 0.2) is 5.57 Å². The van der Waals surface area contributed by atoms with Gasteiger partial charge in [0.05, 0.1) is 0 Å². The molecule has 7 nitrogen and oxygen atoms in total. The zero-order chi connectivity index (χ0) is 20.8. The molecule has 0 spiro atoms. The van der Waals surface area contributed by atoms with Crippen molar-refractivity contribution < 1.29 is 9.90 Å². The van der Waals surface area contributed by atoms with Gasteiger partial charge < -0.3 is 15.3 Å². The van der Waals surface area contributed by atoms with Crippen LogP contribution in [0.15, 0.2) is 29.1 Å². The maximum absolute atomic E-state index is 12.6. The van der Waals surface area contributed by atoms with E-state index in [1.807, 2.05) is 12.1 Å². The number of nitriles is 1. The maximum atomic E-state index is 12.6. The Hall–Kier alpha value is -2.89. The number of nitrogens with one attached hydrogen (secondary N) is 1. The van der Waals surface area contributed by atoms with E-state index >= 15 is 0 Å². The number of rotatable bonds is 7. The molecular weight excluding hydrogens is 388 g/mol. The summed E-state index contributed by atoms with van der Waals surface area (Å²) in [7, 11) is 0. The van der Waals surface area contributed by atoms with Gasteiger partial charge in [-0.2, -0.15) is 5.26 Å². The average molecular weight is 413 g/mol. The number of anilines is 1. The van der Waals surface area contributed by atoms with Crippen molar-refractivity contribution in [2.24, 2.45) is 0 Å². The van der Waals surface area contributed by atoms with Crippen LogP contribution in [0.4, 0.5) is 5.69 Å². The van der Waals surface area contributed by atoms with Gasteiger partial charge in [-0.15, -0.1) is 11.3 Å². The van der Waals surface area contributed by atoms with E-state index in [4.69, 9.17) is 5.26 Å². The predicted octanol–water partition coefficient (Wildman–Crippen LogP) is 1.18. The second kappa shape index (κ2) is 9.54. The Balaban J connectivity index is 1.84. The third-order valence-electron chi connectivity index (χ3n) is 4.98. The highest BCUT2D eigenvalue weighted by atomic mass is 32.1. The highest BCUT2D eigenvalue weighted by Gasteiger charge is 2.14. The van der Waals surface area contributed by atoms with Crippen molar-refractivity contribution in [3.05, 3.63) is 49.4 Å². The minimum absolute atomic E-state index is 0.167. The van der Waals surface area contributed by atoms with Crippen LogP contribution in [0, 0.1) is 11.3 Å². The first-order valence-electron chi connectivity index (χ1n) is 9.69. The van der Waals surface area contributed by atoms with Gasteiger partial charge in [0.1, 0.15) is 15.3 Å². The molecule has 1 saturated heterocycles. The molecule has 8 heteroatoms. The van der Waals surface area contributed by atoms with Crippen LogP contribution in [0.25, 0.3) is 11.8 Å². The molecule has 0 saturated carbocycles. The number of carboxylic acids is 1. The second-order valence-corrected chi connectivity index (χ2v) is 7.93. The zero-order valence-electron chi connectivity index (χ0n) is 16.4. The number of hydrogen-bond acceptors (Lipinski definition) is 6. The molecule has 2 aromatic rings. The summed E-state index contributed by atoms with van der Waals surface area (Å²) in [6.07, 6.45) is 5.11. The van der Waals surface area contributed by atoms with Crippen LogP contribution in [0.1, 0.15) is 25.3 Å². The zero-order valence-corrected chi connectivity index (χ0v) is 17.2. The van der Waals surface area contributed by atoms with E-state index in [1.54, 1.807) is 19.2 Å². The number of aliphatic carboxylic acids is 1. The summed E-state index contributed by atoms with van der Waals surface area (Å²) >= 11 is 1.01. The highest BCUT2D eigenvalue weighted by Crippen LogP contribution is 2.13. The topological polar surface area (TPSA) is 98.4 Å². The van der Waals surface area contributed by atoms with E-state index in [0.29, 0.717) is 11.1 Å². The lowest BCUT2D eigenvalue weighted by Gasteiger charge is -2.14. The Morgan fingerprint density at radius 3 is 2.79 bits per heavy atom. The minimum atomic E-state index is -1.33.